The monoisotopic (exact) mass is 487 g/mol. The molecule has 3 heterocycles. The lowest BCUT2D eigenvalue weighted by molar-refractivity contribution is -0.128. The molecule has 0 radical (unpaired) electrons. The third-order valence-corrected chi connectivity index (χ3v) is 6.66. The van der Waals surface area contributed by atoms with Gasteiger partial charge in [0.2, 0.25) is 5.91 Å². The normalized spacial score (nSPS) is 15.9. The molecule has 0 aliphatic carbocycles. The van der Waals surface area contributed by atoms with Crippen molar-refractivity contribution in [2.45, 2.75) is 19.4 Å². The minimum Gasteiger partial charge on any atom is -0.454 e. The van der Waals surface area contributed by atoms with E-state index in [9.17, 15) is 10.1 Å². The topological polar surface area (TPSA) is 111 Å². The fourth-order valence-electron chi connectivity index (χ4n) is 4.49. The number of nitrogens with zero attached hydrogens (tertiary/aromatic N) is 6. The summed E-state index contributed by atoms with van der Waals surface area (Å²) in [7, 11) is 0. The van der Waals surface area contributed by atoms with Gasteiger partial charge in [0.25, 0.3) is 0 Å². The molecule has 1 saturated heterocycles. The number of nitrogens with one attached hydrogen (secondary N) is 1. The highest BCUT2D eigenvalue weighted by molar-refractivity contribution is 6.32. The summed E-state index contributed by atoms with van der Waals surface area (Å²) in [6.07, 6.45) is 4.73. The molecule has 5 rings (SSSR count). The van der Waals surface area contributed by atoms with Gasteiger partial charge in [0, 0.05) is 35.6 Å². The quantitative estimate of drug-likeness (QED) is 0.416. The molecule has 10 heteroatoms. The van der Waals surface area contributed by atoms with Crippen molar-refractivity contribution in [3.05, 3.63) is 60.0 Å². The number of amides is 1. The van der Waals surface area contributed by atoms with Crippen LogP contribution in [0.5, 0.6) is 11.5 Å². The van der Waals surface area contributed by atoms with Crippen molar-refractivity contribution in [2.24, 2.45) is 0 Å². The third-order valence-electron chi connectivity index (χ3n) is 6.27. The van der Waals surface area contributed by atoms with E-state index in [2.05, 4.69) is 37.7 Å². The summed E-state index contributed by atoms with van der Waals surface area (Å²) in [5, 5.41) is 18.6. The van der Waals surface area contributed by atoms with E-state index in [1.165, 1.54) is 12.4 Å². The molecule has 1 amide bonds. The number of piperazine rings is 1. The van der Waals surface area contributed by atoms with Gasteiger partial charge in [0.15, 0.2) is 5.75 Å². The first-order valence-electron chi connectivity index (χ1n) is 11.1. The van der Waals surface area contributed by atoms with Crippen LogP contribution in [0.3, 0.4) is 0 Å². The first-order valence-corrected chi connectivity index (χ1v) is 11.5. The molecule has 35 heavy (non-hydrogen) atoms. The Morgan fingerprint density at radius 3 is 3.03 bits per heavy atom. The molecule has 4 aromatic rings. The molecule has 1 unspecified atom stereocenters. The molecule has 2 aromatic heterocycles. The molecule has 2 aromatic carbocycles. The number of fused-ring (bicyclic) bond motifs is 2. The SMILES string of the molecule is C=CC(=O)N1CCN(c2ncnc3c(Oc4c(C)c(Cl)cc5[nH]ncc45)cccc23)CC1CC#N. The maximum atomic E-state index is 12.3. The van der Waals surface area contributed by atoms with Crippen LogP contribution in [0, 0.1) is 18.3 Å². The second kappa shape index (κ2) is 9.24. The zero-order valence-corrected chi connectivity index (χ0v) is 19.8. The largest absolute Gasteiger partial charge is 0.454 e. The highest BCUT2D eigenvalue weighted by Gasteiger charge is 2.30. The van der Waals surface area contributed by atoms with Crippen LogP contribution in [-0.2, 0) is 4.79 Å². The van der Waals surface area contributed by atoms with Crippen molar-refractivity contribution in [1.82, 2.24) is 25.1 Å². The number of ether oxygens (including phenoxy) is 1. The highest BCUT2D eigenvalue weighted by Crippen LogP contribution is 2.39. The molecule has 1 aliphatic rings. The number of H-pyrrole nitrogens is 1. The van der Waals surface area contributed by atoms with Crippen molar-refractivity contribution in [3.8, 4) is 17.6 Å². The number of nitriles is 1. The van der Waals surface area contributed by atoms with Crippen LogP contribution < -0.4 is 9.64 Å². The minimum atomic E-state index is -0.257. The fraction of sp³-hybridized carbons (Fsp3) is 0.240. The van der Waals surface area contributed by atoms with Crippen molar-refractivity contribution in [2.75, 3.05) is 24.5 Å². The molecule has 0 saturated carbocycles. The number of benzene rings is 2. The number of hydrogen-bond donors (Lipinski definition) is 1. The van der Waals surface area contributed by atoms with E-state index in [1.807, 2.05) is 31.2 Å². The van der Waals surface area contributed by atoms with Crippen LogP contribution in [0.25, 0.3) is 21.8 Å². The number of halogens is 1. The second-order valence-corrected chi connectivity index (χ2v) is 8.70. The van der Waals surface area contributed by atoms with Gasteiger partial charge in [0.05, 0.1) is 35.6 Å². The summed E-state index contributed by atoms with van der Waals surface area (Å²) in [6, 6.07) is 9.44. The van der Waals surface area contributed by atoms with Crippen molar-refractivity contribution < 1.29 is 9.53 Å². The molecule has 9 nitrogen and oxygen atoms in total. The van der Waals surface area contributed by atoms with E-state index < -0.39 is 0 Å². The molecule has 1 N–H and O–H groups in total. The number of para-hydroxylation sites is 1. The zero-order chi connectivity index (χ0) is 24.5. The van der Waals surface area contributed by atoms with Gasteiger partial charge in [-0.05, 0) is 31.2 Å². The van der Waals surface area contributed by atoms with Gasteiger partial charge in [-0.3, -0.25) is 9.89 Å². The Labute approximate surface area is 206 Å². The molecular formula is C25H22ClN7O2. The van der Waals surface area contributed by atoms with Crippen molar-refractivity contribution in [1.29, 1.82) is 5.26 Å². The number of aromatic nitrogens is 4. The Bertz CT molecular complexity index is 1490. The Morgan fingerprint density at radius 1 is 1.37 bits per heavy atom. The van der Waals surface area contributed by atoms with Crippen LogP contribution in [-0.4, -0.2) is 56.6 Å². The number of anilines is 1. The van der Waals surface area contributed by atoms with Crippen LogP contribution in [0.2, 0.25) is 5.02 Å². The second-order valence-electron chi connectivity index (χ2n) is 8.29. The van der Waals surface area contributed by atoms with Gasteiger partial charge in [-0.15, -0.1) is 0 Å². The number of carbonyl (C=O) groups excluding carboxylic acids is 1. The van der Waals surface area contributed by atoms with Crippen molar-refractivity contribution >= 4 is 45.1 Å². The molecular weight excluding hydrogens is 466 g/mol. The highest BCUT2D eigenvalue weighted by atomic mass is 35.5. The Hall–Kier alpha value is -4.16. The summed E-state index contributed by atoms with van der Waals surface area (Å²) in [6.45, 7) is 7.00. The predicted octanol–water partition coefficient (Wildman–Crippen LogP) is 4.38. The number of aromatic amines is 1. The standard InChI is InChI=1S/C25H22ClN7O2/c1-3-22(34)33-10-9-32(13-16(33)7-8-27)25-17-5-4-6-21(23(17)28-14-29-25)35-24-15(2)19(26)11-20-18(24)12-30-31-20/h3-6,11-12,14,16H,1,7,9-10,13H2,2H3,(H,30,31). The minimum absolute atomic E-state index is 0.171. The number of hydrogen-bond acceptors (Lipinski definition) is 7. The van der Waals surface area contributed by atoms with Crippen molar-refractivity contribution in [3.63, 3.8) is 0 Å². The average Bonchev–Trinajstić information content (AvgIpc) is 3.34. The fourth-order valence-corrected chi connectivity index (χ4v) is 4.69. The van der Waals surface area contributed by atoms with E-state index >= 15 is 0 Å². The Balaban J connectivity index is 1.53. The smallest absolute Gasteiger partial charge is 0.246 e. The van der Waals surface area contributed by atoms with Crippen LogP contribution in [0.1, 0.15) is 12.0 Å². The lowest BCUT2D eigenvalue weighted by Crippen LogP contribution is -2.55. The Morgan fingerprint density at radius 2 is 2.23 bits per heavy atom. The van der Waals surface area contributed by atoms with E-state index in [4.69, 9.17) is 16.3 Å². The van der Waals surface area contributed by atoms with Gasteiger partial charge in [0.1, 0.15) is 23.4 Å². The summed E-state index contributed by atoms with van der Waals surface area (Å²) >= 11 is 6.43. The maximum Gasteiger partial charge on any atom is 0.246 e. The van der Waals surface area contributed by atoms with Gasteiger partial charge in [-0.2, -0.15) is 10.4 Å². The van der Waals surface area contributed by atoms with Gasteiger partial charge < -0.3 is 14.5 Å². The first kappa shape index (κ1) is 22.6. The molecule has 0 spiro atoms. The number of rotatable bonds is 5. The van der Waals surface area contributed by atoms with E-state index in [-0.39, 0.29) is 18.4 Å². The van der Waals surface area contributed by atoms with Gasteiger partial charge >= 0.3 is 0 Å². The molecule has 1 atom stereocenters. The first-order chi connectivity index (χ1) is 17.0. The Kier molecular flexibility index (Phi) is 5.97. The van der Waals surface area contributed by atoms with Gasteiger partial charge in [-0.25, -0.2) is 9.97 Å². The average molecular weight is 488 g/mol. The predicted molar refractivity (Wildman–Crippen MR) is 134 cm³/mol. The van der Waals surface area contributed by atoms with Crippen LogP contribution in [0.4, 0.5) is 5.82 Å². The van der Waals surface area contributed by atoms with E-state index in [0.29, 0.717) is 41.7 Å². The maximum absolute atomic E-state index is 12.3. The van der Waals surface area contributed by atoms with E-state index in [0.717, 1.165) is 27.7 Å². The summed E-state index contributed by atoms with van der Waals surface area (Å²) in [5.41, 5.74) is 2.23. The van der Waals surface area contributed by atoms with Crippen LogP contribution >= 0.6 is 11.6 Å². The lowest BCUT2D eigenvalue weighted by Gasteiger charge is -2.41. The molecule has 1 aliphatic heterocycles. The lowest BCUT2D eigenvalue weighted by atomic mass is 10.1. The summed E-state index contributed by atoms with van der Waals surface area (Å²) in [5.74, 6) is 1.73. The third kappa shape index (κ3) is 4.02. The van der Waals surface area contributed by atoms with Crippen LogP contribution in [0.15, 0.2) is 49.4 Å². The summed E-state index contributed by atoms with van der Waals surface area (Å²) in [4.78, 5) is 25.1. The van der Waals surface area contributed by atoms with E-state index in [1.54, 1.807) is 11.1 Å². The van der Waals surface area contributed by atoms with Gasteiger partial charge in [-0.1, -0.05) is 24.2 Å². The zero-order valence-electron chi connectivity index (χ0n) is 19.0. The number of carbonyl (C=O) groups is 1. The molecule has 1 fully saturated rings. The summed E-state index contributed by atoms with van der Waals surface area (Å²) < 4.78 is 6.38. The molecule has 0 bridgehead atoms. The molecule has 176 valence electrons.